The molecule has 12 heteroatoms. The molecule has 2 bridgehead atoms. The lowest BCUT2D eigenvalue weighted by atomic mass is 9.87. The molecule has 0 radical (unpaired) electrons. The summed E-state index contributed by atoms with van der Waals surface area (Å²) in [5.41, 5.74) is 3.47. The molecule has 1 heterocycles. The van der Waals surface area contributed by atoms with Gasteiger partial charge >= 0.3 is 0 Å². The van der Waals surface area contributed by atoms with Crippen LogP contribution in [0, 0.1) is 47.9 Å². The minimum Gasteiger partial charge on any atom is -0.508 e. The van der Waals surface area contributed by atoms with E-state index in [9.17, 15) is 34.9 Å². The Labute approximate surface area is 273 Å². The lowest BCUT2D eigenvalue weighted by molar-refractivity contribution is -0.385. The zero-order chi connectivity index (χ0) is 34.4. The lowest BCUT2D eigenvalue weighted by Gasteiger charge is -2.30. The highest BCUT2D eigenvalue weighted by Crippen LogP contribution is 2.43. The van der Waals surface area contributed by atoms with Gasteiger partial charge in [-0.2, -0.15) is 0 Å². The quantitative estimate of drug-likeness (QED) is 0.0990. The number of anilines is 1. The number of hydrogen-bond acceptors (Lipinski definition) is 9. The number of nitro groups is 2. The number of fused-ring (bicyclic) bond motifs is 2. The first-order chi connectivity index (χ1) is 22.8. The summed E-state index contributed by atoms with van der Waals surface area (Å²) in [5, 5.41) is 33.2. The molecule has 0 fully saturated rings. The van der Waals surface area contributed by atoms with Gasteiger partial charge in [0.15, 0.2) is 0 Å². The normalized spacial score (nSPS) is 12.2. The monoisotopic (exact) mass is 645 g/mol. The van der Waals surface area contributed by atoms with Crippen LogP contribution in [-0.4, -0.2) is 26.8 Å². The van der Waals surface area contributed by atoms with Gasteiger partial charge in [-0.25, -0.2) is 4.90 Å². The highest BCUT2D eigenvalue weighted by atomic mass is 16.6. The van der Waals surface area contributed by atoms with Gasteiger partial charge in [0.1, 0.15) is 28.7 Å². The number of benzene rings is 5. The second-order valence-corrected chi connectivity index (χ2v) is 11.4. The standard InChI is InChI=1S/C36H27N3O9/c1-19-7-11-26(47-32-13-23(38(43)44)9-5-21(32)3)17-28(19)34-29-15-25(40)16-30(34)36(42)37(35(29)41)31-18-27(12-8-20(31)2)48-33-14-24(39(45)46)10-6-22(33)4/h5-18,40H,1-4H3. The number of imide groups is 1. The van der Waals surface area contributed by atoms with Gasteiger partial charge in [-0.3, -0.25) is 29.8 Å². The third kappa shape index (κ3) is 5.66. The summed E-state index contributed by atoms with van der Waals surface area (Å²) in [5.74, 6) is -0.569. The molecule has 240 valence electrons. The van der Waals surface area contributed by atoms with Crippen LogP contribution in [-0.2, 0) is 0 Å². The number of rotatable bonds is 8. The van der Waals surface area contributed by atoms with Gasteiger partial charge in [0.05, 0.1) is 38.8 Å². The van der Waals surface area contributed by atoms with Crippen LogP contribution in [0.2, 0.25) is 0 Å². The highest BCUT2D eigenvalue weighted by molar-refractivity contribution is 6.33. The van der Waals surface area contributed by atoms with E-state index in [1.165, 1.54) is 42.5 Å². The molecule has 6 rings (SSSR count). The fraction of sp³-hybridized carbons (Fsp3) is 0.111. The Kier molecular flexibility index (Phi) is 7.85. The van der Waals surface area contributed by atoms with Crippen LogP contribution in [0.15, 0.2) is 84.9 Å². The zero-order valence-corrected chi connectivity index (χ0v) is 26.1. The van der Waals surface area contributed by atoms with Crippen molar-refractivity contribution in [1.29, 1.82) is 0 Å². The van der Waals surface area contributed by atoms with E-state index in [0.717, 1.165) is 4.90 Å². The van der Waals surface area contributed by atoms with E-state index in [2.05, 4.69) is 0 Å². The molecule has 0 saturated carbocycles. The number of aromatic hydroxyl groups is 1. The second-order valence-electron chi connectivity index (χ2n) is 11.4. The van der Waals surface area contributed by atoms with Gasteiger partial charge in [-0.05, 0) is 98.0 Å². The van der Waals surface area contributed by atoms with E-state index in [1.54, 1.807) is 70.2 Å². The van der Waals surface area contributed by atoms with E-state index in [0.29, 0.717) is 39.1 Å². The molecule has 5 aromatic carbocycles. The fourth-order valence-electron chi connectivity index (χ4n) is 5.51. The van der Waals surface area contributed by atoms with Crippen molar-refractivity contribution in [2.75, 3.05) is 4.90 Å². The molecule has 0 aliphatic carbocycles. The van der Waals surface area contributed by atoms with E-state index >= 15 is 0 Å². The molecule has 5 aromatic rings. The number of non-ortho nitro benzene ring substituents is 2. The van der Waals surface area contributed by atoms with Gasteiger partial charge in [-0.1, -0.05) is 12.1 Å². The third-order valence-electron chi connectivity index (χ3n) is 8.11. The number of amides is 2. The minimum atomic E-state index is -0.689. The predicted molar refractivity (Wildman–Crippen MR) is 176 cm³/mol. The Morgan fingerprint density at radius 2 is 1.04 bits per heavy atom. The molecule has 0 saturated heterocycles. The van der Waals surface area contributed by atoms with Crippen LogP contribution in [0.1, 0.15) is 43.0 Å². The first kappa shape index (κ1) is 31.4. The Balaban J connectivity index is 1.39. The Morgan fingerprint density at radius 3 is 1.54 bits per heavy atom. The average molecular weight is 646 g/mol. The molecule has 1 N–H and O–H groups in total. The molecule has 0 unspecified atom stereocenters. The van der Waals surface area contributed by atoms with Crippen molar-refractivity contribution in [3.63, 3.8) is 0 Å². The van der Waals surface area contributed by atoms with Crippen LogP contribution in [0.25, 0.3) is 11.1 Å². The van der Waals surface area contributed by atoms with Crippen LogP contribution < -0.4 is 14.4 Å². The number of ether oxygens (including phenoxy) is 2. The van der Waals surface area contributed by atoms with Crippen molar-refractivity contribution in [2.45, 2.75) is 27.7 Å². The average Bonchev–Trinajstić information content (AvgIpc) is 3.04. The van der Waals surface area contributed by atoms with Crippen molar-refractivity contribution < 1.29 is 34.0 Å². The van der Waals surface area contributed by atoms with Crippen LogP contribution >= 0.6 is 0 Å². The van der Waals surface area contributed by atoms with Gasteiger partial charge in [-0.15, -0.1) is 0 Å². The highest BCUT2D eigenvalue weighted by Gasteiger charge is 2.38. The predicted octanol–water partition coefficient (Wildman–Crippen LogP) is 8.49. The summed E-state index contributed by atoms with van der Waals surface area (Å²) in [4.78, 5) is 50.9. The lowest BCUT2D eigenvalue weighted by Crippen LogP contribution is -2.41. The maximum atomic E-state index is 14.2. The Morgan fingerprint density at radius 1 is 0.583 bits per heavy atom. The summed E-state index contributed by atoms with van der Waals surface area (Å²) in [6.07, 6.45) is 0. The van der Waals surface area contributed by atoms with Crippen LogP contribution in [0.4, 0.5) is 17.1 Å². The number of carbonyl (C=O) groups excluding carboxylic acids is 2. The van der Waals surface area contributed by atoms with Crippen molar-refractivity contribution >= 4 is 28.9 Å². The maximum absolute atomic E-state index is 14.2. The molecule has 1 aliphatic heterocycles. The Bertz CT molecular complexity index is 2170. The maximum Gasteiger partial charge on any atom is 0.273 e. The van der Waals surface area contributed by atoms with Gasteiger partial charge in [0.25, 0.3) is 23.2 Å². The molecule has 0 spiro atoms. The molecule has 0 atom stereocenters. The number of nitro benzene ring substituents is 2. The summed E-state index contributed by atoms with van der Waals surface area (Å²) >= 11 is 0. The molecule has 0 aromatic heterocycles. The second kappa shape index (κ2) is 12.0. The van der Waals surface area contributed by atoms with Crippen LogP contribution in [0.3, 0.4) is 0 Å². The van der Waals surface area contributed by atoms with Crippen molar-refractivity contribution in [3.05, 3.63) is 139 Å². The summed E-state index contributed by atoms with van der Waals surface area (Å²) in [6.45, 7) is 7.01. The van der Waals surface area contributed by atoms with E-state index in [4.69, 9.17) is 9.47 Å². The van der Waals surface area contributed by atoms with Gasteiger partial charge < -0.3 is 14.6 Å². The zero-order valence-electron chi connectivity index (χ0n) is 26.1. The molecule has 2 amide bonds. The number of aryl methyl sites for hydroxylation is 4. The van der Waals surface area contributed by atoms with Crippen molar-refractivity contribution in [3.8, 4) is 39.9 Å². The Hall–Kier alpha value is -6.56. The molecule has 1 aliphatic rings. The largest absolute Gasteiger partial charge is 0.508 e. The van der Waals surface area contributed by atoms with Crippen molar-refractivity contribution in [2.24, 2.45) is 0 Å². The SMILES string of the molecule is Cc1ccc([N+](=O)[O-])cc1Oc1ccc(C)c(-c2c3cc(O)cc2C(=O)N(c2cc(Oc4cc([N+](=O)[O-])ccc4C)ccc2C)C3=O)c1. The molecule has 48 heavy (non-hydrogen) atoms. The molecule has 12 nitrogen and oxygen atoms in total. The first-order valence-electron chi connectivity index (χ1n) is 14.7. The van der Waals surface area contributed by atoms with Gasteiger partial charge in [0.2, 0.25) is 0 Å². The number of hydrogen-bond donors (Lipinski definition) is 1. The molecular formula is C36H27N3O9. The summed E-state index contributed by atoms with van der Waals surface area (Å²) in [7, 11) is 0. The fourth-order valence-corrected chi connectivity index (χ4v) is 5.51. The van der Waals surface area contributed by atoms with E-state index < -0.39 is 21.7 Å². The number of phenolic OH excluding ortho intramolecular Hbond substituents is 1. The van der Waals surface area contributed by atoms with E-state index in [-0.39, 0.29) is 51.2 Å². The van der Waals surface area contributed by atoms with Crippen molar-refractivity contribution in [1.82, 2.24) is 0 Å². The smallest absolute Gasteiger partial charge is 0.273 e. The third-order valence-corrected chi connectivity index (χ3v) is 8.11. The number of nitrogens with zero attached hydrogens (tertiary/aromatic N) is 3. The molecular weight excluding hydrogens is 618 g/mol. The number of phenols is 1. The van der Waals surface area contributed by atoms with E-state index in [1.807, 2.05) is 0 Å². The van der Waals surface area contributed by atoms with Crippen LogP contribution in [0.5, 0.6) is 28.7 Å². The summed E-state index contributed by atoms with van der Waals surface area (Å²) < 4.78 is 12.0. The topological polar surface area (TPSA) is 162 Å². The number of carbonyl (C=O) groups is 2. The minimum absolute atomic E-state index is 0.0663. The van der Waals surface area contributed by atoms with Gasteiger partial charge in [0, 0.05) is 23.8 Å². The first-order valence-corrected chi connectivity index (χ1v) is 14.7. The summed E-state index contributed by atoms with van der Waals surface area (Å²) in [6, 6.07) is 21.0.